The van der Waals surface area contributed by atoms with E-state index in [1.165, 1.54) is 4.90 Å². The van der Waals surface area contributed by atoms with Crippen molar-refractivity contribution in [3.63, 3.8) is 0 Å². The Morgan fingerprint density at radius 2 is 2.04 bits per heavy atom. The molecule has 0 saturated carbocycles. The third-order valence-corrected chi connectivity index (χ3v) is 4.41. The largest absolute Gasteiger partial charge is 0.250 e. The second-order valence-corrected chi connectivity index (χ2v) is 6.40. The summed E-state index contributed by atoms with van der Waals surface area (Å²) in [6.45, 7) is 0. The summed E-state index contributed by atoms with van der Waals surface area (Å²) in [6, 6.07) is 15.5. The van der Waals surface area contributed by atoms with E-state index in [2.05, 4.69) is 27.4 Å². The van der Waals surface area contributed by atoms with Crippen molar-refractivity contribution >= 4 is 41.8 Å². The van der Waals surface area contributed by atoms with Gasteiger partial charge in [-0.3, -0.25) is 0 Å². The van der Waals surface area contributed by atoms with Crippen molar-refractivity contribution in [3.8, 4) is 11.4 Å². The maximum atomic E-state index is 6.04. The summed E-state index contributed by atoms with van der Waals surface area (Å²) in [5, 5.41) is 12.1. The summed E-state index contributed by atoms with van der Waals surface area (Å²) in [4.78, 5) is 1.21. The maximum Gasteiger partial charge on any atom is 0.216 e. The Bertz CT molecular complexity index is 897. The highest BCUT2D eigenvalue weighted by atomic mass is 35.5. The van der Waals surface area contributed by atoms with Crippen molar-refractivity contribution in [1.29, 1.82) is 0 Å². The Hall–Kier alpha value is -1.89. The number of hydrogen-bond acceptors (Lipinski definition) is 4. The fourth-order valence-corrected chi connectivity index (χ4v) is 2.81. The number of aromatic amines is 1. The first-order chi connectivity index (χ1) is 11.2. The van der Waals surface area contributed by atoms with Gasteiger partial charge in [0.05, 0.1) is 6.21 Å². The topological polar surface area (TPSA) is 46.0 Å². The molecule has 0 fully saturated rings. The van der Waals surface area contributed by atoms with E-state index in [4.69, 9.17) is 23.8 Å². The Kier molecular flexibility index (Phi) is 4.95. The van der Waals surface area contributed by atoms with Crippen LogP contribution in [0.15, 0.2) is 58.5 Å². The summed E-state index contributed by atoms with van der Waals surface area (Å²) in [6.07, 6.45) is 3.80. The Morgan fingerprint density at radius 1 is 1.26 bits per heavy atom. The zero-order valence-electron chi connectivity index (χ0n) is 12.2. The molecule has 7 heteroatoms. The molecule has 0 atom stereocenters. The van der Waals surface area contributed by atoms with Gasteiger partial charge in [0, 0.05) is 15.5 Å². The second-order valence-electron chi connectivity index (χ2n) is 4.69. The van der Waals surface area contributed by atoms with Gasteiger partial charge in [0.25, 0.3) is 0 Å². The molecule has 0 aliphatic heterocycles. The van der Waals surface area contributed by atoms with E-state index in [1.54, 1.807) is 22.7 Å². The van der Waals surface area contributed by atoms with Crippen LogP contribution in [-0.4, -0.2) is 27.3 Å². The van der Waals surface area contributed by atoms with E-state index < -0.39 is 0 Å². The Morgan fingerprint density at radius 3 is 2.74 bits per heavy atom. The first kappa shape index (κ1) is 16.0. The molecule has 0 unspecified atom stereocenters. The molecule has 0 radical (unpaired) electrons. The molecule has 0 bridgehead atoms. The summed E-state index contributed by atoms with van der Waals surface area (Å²) in [7, 11) is 0. The standard InChI is InChI=1S/C16H13ClN4S2/c1-23-14-7-5-11(6-8-14)10-18-21-15(19-20-16(21)22)12-3-2-4-13(17)9-12/h2-10H,1H3,(H,20,22)/b18-10+. The summed E-state index contributed by atoms with van der Waals surface area (Å²) in [5.74, 6) is 0.620. The zero-order valence-corrected chi connectivity index (χ0v) is 14.6. The highest BCUT2D eigenvalue weighted by Crippen LogP contribution is 2.21. The molecule has 4 nitrogen and oxygen atoms in total. The lowest BCUT2D eigenvalue weighted by Crippen LogP contribution is -1.95. The number of benzene rings is 2. The molecule has 0 aliphatic carbocycles. The summed E-state index contributed by atoms with van der Waals surface area (Å²) in [5.41, 5.74) is 1.84. The number of H-pyrrole nitrogens is 1. The molecule has 23 heavy (non-hydrogen) atoms. The first-order valence-electron chi connectivity index (χ1n) is 6.79. The molecular formula is C16H13ClN4S2. The van der Waals surface area contributed by atoms with Gasteiger partial charge in [-0.05, 0) is 48.3 Å². The number of hydrogen-bond donors (Lipinski definition) is 1. The number of thioether (sulfide) groups is 1. The highest BCUT2D eigenvalue weighted by molar-refractivity contribution is 7.98. The van der Waals surface area contributed by atoms with Gasteiger partial charge in [0.1, 0.15) is 0 Å². The van der Waals surface area contributed by atoms with Crippen molar-refractivity contribution in [2.24, 2.45) is 5.10 Å². The minimum atomic E-state index is 0.428. The van der Waals surface area contributed by atoms with Gasteiger partial charge >= 0.3 is 0 Å². The average Bonchev–Trinajstić information content (AvgIpc) is 2.94. The van der Waals surface area contributed by atoms with Gasteiger partial charge in [-0.2, -0.15) is 14.9 Å². The highest BCUT2D eigenvalue weighted by Gasteiger charge is 2.08. The Balaban J connectivity index is 1.95. The third kappa shape index (κ3) is 3.72. The number of nitrogens with one attached hydrogen (secondary N) is 1. The van der Waals surface area contributed by atoms with Crippen LogP contribution < -0.4 is 0 Å². The SMILES string of the molecule is CSc1ccc(/C=N/n2c(-c3cccc(Cl)c3)n[nH]c2=S)cc1. The van der Waals surface area contributed by atoms with Crippen LogP contribution in [0.2, 0.25) is 5.02 Å². The van der Waals surface area contributed by atoms with E-state index in [9.17, 15) is 0 Å². The third-order valence-electron chi connectivity index (χ3n) is 3.17. The van der Waals surface area contributed by atoms with E-state index in [1.807, 2.05) is 42.7 Å². The van der Waals surface area contributed by atoms with Crippen LogP contribution in [0.1, 0.15) is 5.56 Å². The summed E-state index contributed by atoms with van der Waals surface area (Å²) < 4.78 is 2.01. The number of nitrogens with zero attached hydrogens (tertiary/aromatic N) is 3. The van der Waals surface area contributed by atoms with Crippen LogP contribution in [0, 0.1) is 4.77 Å². The molecule has 0 spiro atoms. The van der Waals surface area contributed by atoms with Gasteiger partial charge in [0.2, 0.25) is 4.77 Å². The van der Waals surface area contributed by atoms with E-state index in [0.717, 1.165) is 11.1 Å². The normalized spacial score (nSPS) is 11.2. The van der Waals surface area contributed by atoms with E-state index in [0.29, 0.717) is 15.6 Å². The zero-order chi connectivity index (χ0) is 16.2. The van der Waals surface area contributed by atoms with Gasteiger partial charge in [-0.25, -0.2) is 5.10 Å². The minimum Gasteiger partial charge on any atom is -0.250 e. The first-order valence-corrected chi connectivity index (χ1v) is 8.80. The van der Waals surface area contributed by atoms with E-state index >= 15 is 0 Å². The van der Waals surface area contributed by atoms with Crippen molar-refractivity contribution in [2.75, 3.05) is 6.26 Å². The number of rotatable bonds is 4. The molecule has 2 aromatic carbocycles. The molecule has 0 saturated heterocycles. The van der Waals surface area contributed by atoms with Crippen LogP contribution in [-0.2, 0) is 0 Å². The monoisotopic (exact) mass is 360 g/mol. The molecule has 3 aromatic rings. The van der Waals surface area contributed by atoms with Gasteiger partial charge in [-0.15, -0.1) is 11.8 Å². The summed E-state index contributed by atoms with van der Waals surface area (Å²) >= 11 is 13.0. The molecular weight excluding hydrogens is 348 g/mol. The molecule has 1 heterocycles. The minimum absolute atomic E-state index is 0.428. The number of halogens is 1. The molecule has 1 aromatic heterocycles. The smallest absolute Gasteiger partial charge is 0.216 e. The van der Waals surface area contributed by atoms with Crippen molar-refractivity contribution in [1.82, 2.24) is 14.9 Å². The van der Waals surface area contributed by atoms with Crippen LogP contribution in [0.3, 0.4) is 0 Å². The Labute approximate surface area is 148 Å². The predicted octanol–water partition coefficient (Wildman–Crippen LogP) is 4.87. The quantitative estimate of drug-likeness (QED) is 0.410. The second kappa shape index (κ2) is 7.12. The molecule has 0 amide bonds. The lowest BCUT2D eigenvalue weighted by molar-refractivity contribution is 0.871. The molecule has 1 N–H and O–H groups in total. The van der Waals surface area contributed by atoms with Crippen LogP contribution >= 0.6 is 35.6 Å². The van der Waals surface area contributed by atoms with Crippen molar-refractivity contribution in [2.45, 2.75) is 4.90 Å². The maximum absolute atomic E-state index is 6.04. The molecule has 0 aliphatic rings. The lowest BCUT2D eigenvalue weighted by Gasteiger charge is -2.02. The van der Waals surface area contributed by atoms with Crippen LogP contribution in [0.5, 0.6) is 0 Å². The van der Waals surface area contributed by atoms with E-state index in [-0.39, 0.29) is 0 Å². The molecule has 3 rings (SSSR count). The van der Waals surface area contributed by atoms with Crippen molar-refractivity contribution in [3.05, 3.63) is 63.9 Å². The molecule has 116 valence electrons. The van der Waals surface area contributed by atoms with Gasteiger partial charge in [-0.1, -0.05) is 35.9 Å². The van der Waals surface area contributed by atoms with Crippen LogP contribution in [0.25, 0.3) is 11.4 Å². The van der Waals surface area contributed by atoms with Gasteiger partial charge in [0.15, 0.2) is 5.82 Å². The average molecular weight is 361 g/mol. The predicted molar refractivity (Wildman–Crippen MR) is 99.1 cm³/mol. The fraction of sp³-hybridized carbons (Fsp3) is 0.0625. The van der Waals surface area contributed by atoms with Crippen molar-refractivity contribution < 1.29 is 0 Å². The van der Waals surface area contributed by atoms with Crippen LogP contribution in [0.4, 0.5) is 0 Å². The van der Waals surface area contributed by atoms with Gasteiger partial charge < -0.3 is 0 Å². The fourth-order valence-electron chi connectivity index (χ4n) is 2.03. The lowest BCUT2D eigenvalue weighted by atomic mass is 10.2. The number of aromatic nitrogens is 3.